The summed E-state index contributed by atoms with van der Waals surface area (Å²) in [6.45, 7) is 7.78. The molecule has 0 spiro atoms. The second kappa shape index (κ2) is 11.8. The average molecular weight is 491 g/mol. The Hall–Kier alpha value is -2.74. The van der Waals surface area contributed by atoms with Gasteiger partial charge in [0.05, 0.1) is 6.42 Å². The summed E-state index contributed by atoms with van der Waals surface area (Å²) in [6.07, 6.45) is 6.26. The van der Waals surface area contributed by atoms with E-state index < -0.39 is 0 Å². The molecule has 0 N–H and O–H groups in total. The van der Waals surface area contributed by atoms with Crippen molar-refractivity contribution in [1.29, 1.82) is 0 Å². The van der Waals surface area contributed by atoms with E-state index in [9.17, 15) is 4.79 Å². The maximum absolute atomic E-state index is 12.6. The van der Waals surface area contributed by atoms with Gasteiger partial charge >= 0.3 is 0 Å². The van der Waals surface area contributed by atoms with Crippen molar-refractivity contribution in [3.05, 3.63) is 82.3 Å². The van der Waals surface area contributed by atoms with Gasteiger partial charge in [0.25, 0.3) is 0 Å². The number of pyridine rings is 1. The van der Waals surface area contributed by atoms with Crippen LogP contribution in [0.25, 0.3) is 0 Å². The number of amides is 1. The molecule has 35 heavy (non-hydrogen) atoms. The second-order valence-electron chi connectivity index (χ2n) is 9.52. The van der Waals surface area contributed by atoms with E-state index in [0.717, 1.165) is 75.8 Å². The monoisotopic (exact) mass is 490 g/mol. The minimum absolute atomic E-state index is 0.173. The maximum Gasteiger partial charge on any atom is 0.227 e. The van der Waals surface area contributed by atoms with Crippen molar-refractivity contribution in [2.45, 2.75) is 38.5 Å². The van der Waals surface area contributed by atoms with E-state index >= 15 is 0 Å². The number of carbonyl (C=O) groups is 1. The Labute approximate surface area is 212 Å². The van der Waals surface area contributed by atoms with Gasteiger partial charge < -0.3 is 9.64 Å². The van der Waals surface area contributed by atoms with Crippen molar-refractivity contribution < 1.29 is 9.53 Å². The molecule has 2 aliphatic heterocycles. The SMILES string of the molecule is O=C(Cc1cccs1)N1CCC(Oc2cccc(CN3CCN(Cc4cccnc4)CC3)c2)CC1. The summed E-state index contributed by atoms with van der Waals surface area (Å²) in [5.41, 5.74) is 2.58. The van der Waals surface area contributed by atoms with Gasteiger partial charge in [0.1, 0.15) is 11.9 Å². The van der Waals surface area contributed by atoms with Crippen molar-refractivity contribution in [2.24, 2.45) is 0 Å². The van der Waals surface area contributed by atoms with Gasteiger partial charge in [-0.05, 0) is 40.8 Å². The third kappa shape index (κ3) is 6.90. The molecule has 1 aromatic carbocycles. The first-order valence-electron chi connectivity index (χ1n) is 12.6. The Morgan fingerprint density at radius 3 is 2.34 bits per heavy atom. The van der Waals surface area contributed by atoms with E-state index in [4.69, 9.17) is 4.74 Å². The highest BCUT2D eigenvalue weighted by atomic mass is 32.1. The molecule has 2 saturated heterocycles. The van der Waals surface area contributed by atoms with E-state index in [-0.39, 0.29) is 12.0 Å². The topological polar surface area (TPSA) is 48.9 Å². The predicted molar refractivity (Wildman–Crippen MR) is 139 cm³/mol. The van der Waals surface area contributed by atoms with Crippen LogP contribution in [0.5, 0.6) is 5.75 Å². The van der Waals surface area contributed by atoms with Crippen molar-refractivity contribution in [3.63, 3.8) is 0 Å². The van der Waals surface area contributed by atoms with Gasteiger partial charge in [-0.1, -0.05) is 24.3 Å². The largest absolute Gasteiger partial charge is 0.490 e. The van der Waals surface area contributed by atoms with Gasteiger partial charge in [-0.2, -0.15) is 0 Å². The molecular weight excluding hydrogens is 456 g/mol. The summed E-state index contributed by atoms with van der Waals surface area (Å²) < 4.78 is 6.33. The Balaban J connectivity index is 1.05. The quantitative estimate of drug-likeness (QED) is 0.476. The molecule has 2 aromatic heterocycles. The van der Waals surface area contributed by atoms with Gasteiger partial charge in [-0.3, -0.25) is 19.6 Å². The number of aromatic nitrogens is 1. The zero-order valence-corrected chi connectivity index (χ0v) is 21.0. The highest BCUT2D eigenvalue weighted by molar-refractivity contribution is 7.10. The Bertz CT molecular complexity index is 1060. The number of ether oxygens (including phenoxy) is 1. The van der Waals surface area contributed by atoms with Crippen LogP contribution in [0, 0.1) is 0 Å². The predicted octanol–water partition coefficient (Wildman–Crippen LogP) is 4.07. The van der Waals surface area contributed by atoms with Gasteiger partial charge in [0.2, 0.25) is 5.91 Å². The van der Waals surface area contributed by atoms with Gasteiger partial charge in [-0.25, -0.2) is 0 Å². The molecule has 4 heterocycles. The van der Waals surface area contributed by atoms with E-state index in [2.05, 4.69) is 45.1 Å². The number of nitrogens with zero attached hydrogens (tertiary/aromatic N) is 4. The third-order valence-electron chi connectivity index (χ3n) is 6.90. The fraction of sp³-hybridized carbons (Fsp3) is 0.429. The summed E-state index contributed by atoms with van der Waals surface area (Å²) in [5.74, 6) is 1.18. The molecule has 0 unspecified atom stereocenters. The van der Waals surface area contributed by atoms with E-state index in [1.807, 2.05) is 40.9 Å². The maximum atomic E-state index is 12.6. The van der Waals surface area contributed by atoms with Gasteiger partial charge in [0.15, 0.2) is 0 Å². The second-order valence-corrected chi connectivity index (χ2v) is 10.5. The van der Waals surface area contributed by atoms with Crippen molar-refractivity contribution >= 4 is 17.2 Å². The Kier molecular flexibility index (Phi) is 8.08. The standard InChI is InChI=1S/C28H34N4O2S/c33-28(19-27-7-3-17-35-27)32-11-8-25(9-12-32)34-26-6-1-4-23(18-26)21-30-13-15-31(16-14-30)22-24-5-2-10-29-20-24/h1-7,10,17-18,20,25H,8-9,11-16,19,21-22H2. The van der Waals surface area contributed by atoms with Crippen LogP contribution in [-0.2, 0) is 24.3 Å². The zero-order chi connectivity index (χ0) is 23.9. The highest BCUT2D eigenvalue weighted by Crippen LogP contribution is 2.22. The lowest BCUT2D eigenvalue weighted by Crippen LogP contribution is -2.45. The van der Waals surface area contributed by atoms with E-state index in [0.29, 0.717) is 6.42 Å². The van der Waals surface area contributed by atoms with Crippen LogP contribution in [0.4, 0.5) is 0 Å². The Morgan fingerprint density at radius 1 is 0.914 bits per heavy atom. The molecule has 3 aromatic rings. The van der Waals surface area contributed by atoms with Crippen LogP contribution in [-0.4, -0.2) is 71.0 Å². The van der Waals surface area contributed by atoms with Crippen LogP contribution in [0.3, 0.4) is 0 Å². The van der Waals surface area contributed by atoms with Crippen LogP contribution < -0.4 is 4.74 Å². The van der Waals surface area contributed by atoms with Crippen LogP contribution in [0.15, 0.2) is 66.3 Å². The molecule has 2 fully saturated rings. The number of hydrogen-bond donors (Lipinski definition) is 0. The number of hydrogen-bond acceptors (Lipinski definition) is 6. The number of piperidine rings is 1. The number of thiophene rings is 1. The first kappa shape index (κ1) is 24.0. The summed E-state index contributed by atoms with van der Waals surface area (Å²) in [4.78, 5) is 24.9. The summed E-state index contributed by atoms with van der Waals surface area (Å²) in [5, 5.41) is 2.03. The number of likely N-dealkylation sites (tertiary alicyclic amines) is 1. The lowest BCUT2D eigenvalue weighted by Gasteiger charge is -2.35. The summed E-state index contributed by atoms with van der Waals surface area (Å²) in [6, 6.07) is 16.7. The first-order chi connectivity index (χ1) is 17.2. The number of rotatable bonds is 8. The van der Waals surface area contributed by atoms with Crippen LogP contribution in [0.1, 0.15) is 28.8 Å². The minimum atomic E-state index is 0.173. The molecule has 0 atom stereocenters. The summed E-state index contributed by atoms with van der Waals surface area (Å²) in [7, 11) is 0. The molecular formula is C28H34N4O2S. The van der Waals surface area contributed by atoms with Crippen molar-refractivity contribution in [1.82, 2.24) is 19.7 Å². The zero-order valence-electron chi connectivity index (χ0n) is 20.2. The first-order valence-corrected chi connectivity index (χ1v) is 13.5. The van der Waals surface area contributed by atoms with Crippen LogP contribution in [0.2, 0.25) is 0 Å². The van der Waals surface area contributed by atoms with Crippen molar-refractivity contribution in [3.8, 4) is 5.75 Å². The highest BCUT2D eigenvalue weighted by Gasteiger charge is 2.24. The Morgan fingerprint density at radius 2 is 1.66 bits per heavy atom. The third-order valence-corrected chi connectivity index (χ3v) is 7.78. The molecule has 7 heteroatoms. The molecule has 6 nitrogen and oxygen atoms in total. The van der Waals surface area contributed by atoms with Crippen molar-refractivity contribution in [2.75, 3.05) is 39.3 Å². The normalized spacial score (nSPS) is 18.0. The van der Waals surface area contributed by atoms with Gasteiger partial charge in [-0.15, -0.1) is 11.3 Å². The molecule has 0 radical (unpaired) electrons. The van der Waals surface area contributed by atoms with E-state index in [1.54, 1.807) is 11.3 Å². The fourth-order valence-corrected chi connectivity index (χ4v) is 5.62. The molecule has 0 bridgehead atoms. The smallest absolute Gasteiger partial charge is 0.227 e. The fourth-order valence-electron chi connectivity index (χ4n) is 4.92. The summed E-state index contributed by atoms with van der Waals surface area (Å²) >= 11 is 1.65. The molecule has 0 saturated carbocycles. The average Bonchev–Trinajstić information content (AvgIpc) is 3.40. The number of piperazine rings is 1. The molecule has 184 valence electrons. The number of benzene rings is 1. The minimum Gasteiger partial charge on any atom is -0.490 e. The number of carbonyl (C=O) groups excluding carboxylic acids is 1. The molecule has 1 amide bonds. The molecule has 2 aliphatic rings. The molecule has 5 rings (SSSR count). The lowest BCUT2D eigenvalue weighted by atomic mass is 10.1. The molecule has 0 aliphatic carbocycles. The van der Waals surface area contributed by atoms with Crippen LogP contribution >= 0.6 is 11.3 Å². The van der Waals surface area contributed by atoms with E-state index in [1.165, 1.54) is 11.1 Å². The van der Waals surface area contributed by atoms with Gasteiger partial charge in [0, 0.05) is 82.5 Å². The lowest BCUT2D eigenvalue weighted by molar-refractivity contribution is -0.132.